The van der Waals surface area contributed by atoms with Gasteiger partial charge in [-0.3, -0.25) is 4.79 Å². The van der Waals surface area contributed by atoms with Crippen LogP contribution < -0.4 is 5.32 Å². The molecule has 0 aliphatic carbocycles. The van der Waals surface area contributed by atoms with Crippen molar-refractivity contribution in [2.45, 2.75) is 39.2 Å². The minimum atomic E-state index is -1.04. The first-order valence-corrected chi connectivity index (χ1v) is 6.94. The summed E-state index contributed by atoms with van der Waals surface area (Å²) in [6.45, 7) is 4.69. The Morgan fingerprint density at radius 2 is 1.90 bits per heavy atom. The second-order valence-corrected chi connectivity index (χ2v) is 4.76. The molecule has 0 aromatic heterocycles. The molecule has 0 aromatic carbocycles. The molecule has 0 radical (unpaired) electrons. The number of nitrogens with one attached hydrogen (secondary N) is 1. The van der Waals surface area contributed by atoms with Crippen LogP contribution in [0.4, 0.5) is 4.79 Å². The van der Waals surface area contributed by atoms with Gasteiger partial charge in [0.05, 0.1) is 12.5 Å². The van der Waals surface area contributed by atoms with Crippen molar-refractivity contribution in [3.63, 3.8) is 0 Å². The van der Waals surface area contributed by atoms with E-state index >= 15 is 0 Å². The van der Waals surface area contributed by atoms with E-state index in [1.807, 2.05) is 0 Å². The van der Waals surface area contributed by atoms with Crippen LogP contribution in [0.3, 0.4) is 0 Å². The van der Waals surface area contributed by atoms with E-state index in [0.29, 0.717) is 39.0 Å². The monoisotopic (exact) mass is 286 g/mol. The van der Waals surface area contributed by atoms with Gasteiger partial charge in [0.25, 0.3) is 0 Å². The fourth-order valence-electron chi connectivity index (χ4n) is 2.16. The van der Waals surface area contributed by atoms with Crippen LogP contribution in [0.15, 0.2) is 0 Å². The molecule has 1 saturated heterocycles. The second-order valence-electron chi connectivity index (χ2n) is 4.76. The highest BCUT2D eigenvalue weighted by molar-refractivity contribution is 5.82. The number of carboxylic acid groups (broad SMARTS) is 1. The zero-order valence-electron chi connectivity index (χ0n) is 11.9. The van der Waals surface area contributed by atoms with Gasteiger partial charge in [0.1, 0.15) is 6.04 Å². The van der Waals surface area contributed by atoms with Crippen LogP contribution >= 0.6 is 0 Å². The molecule has 20 heavy (non-hydrogen) atoms. The van der Waals surface area contributed by atoms with Crippen molar-refractivity contribution in [3.05, 3.63) is 0 Å². The van der Waals surface area contributed by atoms with Gasteiger partial charge in [-0.05, 0) is 26.2 Å². The molecule has 114 valence electrons. The fourth-order valence-corrected chi connectivity index (χ4v) is 2.16. The molecule has 0 aromatic rings. The topological polar surface area (TPSA) is 95.9 Å². The van der Waals surface area contributed by atoms with Crippen LogP contribution in [0.5, 0.6) is 0 Å². The van der Waals surface area contributed by atoms with E-state index in [9.17, 15) is 14.4 Å². The molecule has 1 aliphatic heterocycles. The zero-order valence-corrected chi connectivity index (χ0v) is 11.9. The van der Waals surface area contributed by atoms with Crippen LogP contribution in [0.2, 0.25) is 0 Å². The Labute approximate surface area is 118 Å². The van der Waals surface area contributed by atoms with E-state index < -0.39 is 12.0 Å². The van der Waals surface area contributed by atoms with Crippen LogP contribution in [0, 0.1) is 5.92 Å². The van der Waals surface area contributed by atoms with Crippen molar-refractivity contribution in [1.82, 2.24) is 10.2 Å². The molecule has 2 amide bonds. The number of carbonyl (C=O) groups excluding carboxylic acids is 2. The number of amides is 2. The lowest BCUT2D eigenvalue weighted by Crippen LogP contribution is -2.50. The Bertz CT molecular complexity index is 364. The number of carbonyl (C=O) groups is 3. The second kappa shape index (κ2) is 7.72. The molecule has 0 unspecified atom stereocenters. The van der Waals surface area contributed by atoms with Crippen LogP contribution in [-0.4, -0.2) is 53.7 Å². The molecule has 1 heterocycles. The summed E-state index contributed by atoms with van der Waals surface area (Å²) in [6, 6.07) is -1.26. The lowest BCUT2D eigenvalue weighted by Gasteiger charge is -2.31. The highest BCUT2D eigenvalue weighted by Gasteiger charge is 2.29. The number of ether oxygens (including phenoxy) is 1. The standard InChI is InChI=1S/C13H22N2O5/c1-3-10(11(16)17)14-13(19)15-7-5-9(6-8-15)12(18)20-4-2/h9-10H,3-8H2,1-2H3,(H,14,19)(H,16,17)/t10-/m1/s1. The summed E-state index contributed by atoms with van der Waals surface area (Å²) >= 11 is 0. The number of rotatable bonds is 5. The predicted molar refractivity (Wildman–Crippen MR) is 71.2 cm³/mol. The summed E-state index contributed by atoms with van der Waals surface area (Å²) in [7, 11) is 0. The lowest BCUT2D eigenvalue weighted by atomic mass is 9.97. The normalized spacial score (nSPS) is 17.4. The quantitative estimate of drug-likeness (QED) is 0.730. The van der Waals surface area contributed by atoms with Crippen molar-refractivity contribution in [3.8, 4) is 0 Å². The van der Waals surface area contributed by atoms with Gasteiger partial charge < -0.3 is 20.1 Å². The molecule has 1 fully saturated rings. The molecule has 1 aliphatic rings. The van der Waals surface area contributed by atoms with Gasteiger partial charge in [-0.2, -0.15) is 0 Å². The van der Waals surface area contributed by atoms with Gasteiger partial charge in [0, 0.05) is 13.1 Å². The number of hydrogen-bond acceptors (Lipinski definition) is 4. The van der Waals surface area contributed by atoms with Crippen molar-refractivity contribution in [2.75, 3.05) is 19.7 Å². The molecule has 0 spiro atoms. The van der Waals surface area contributed by atoms with E-state index in [1.54, 1.807) is 18.7 Å². The first kappa shape index (κ1) is 16.3. The van der Waals surface area contributed by atoms with Gasteiger partial charge in [-0.25, -0.2) is 9.59 Å². The Morgan fingerprint density at radius 3 is 2.35 bits per heavy atom. The maximum Gasteiger partial charge on any atom is 0.326 e. The van der Waals surface area contributed by atoms with Gasteiger partial charge in [-0.1, -0.05) is 6.92 Å². The number of hydrogen-bond donors (Lipinski definition) is 2. The van der Waals surface area contributed by atoms with Crippen LogP contribution in [0.25, 0.3) is 0 Å². The van der Waals surface area contributed by atoms with Gasteiger partial charge in [0.15, 0.2) is 0 Å². The molecular formula is C13H22N2O5. The molecular weight excluding hydrogens is 264 g/mol. The highest BCUT2D eigenvalue weighted by Crippen LogP contribution is 2.18. The average Bonchev–Trinajstić information content (AvgIpc) is 2.44. The molecule has 0 saturated carbocycles. The van der Waals surface area contributed by atoms with Crippen LogP contribution in [0.1, 0.15) is 33.1 Å². The number of aliphatic carboxylic acids is 1. The number of esters is 1. The maximum atomic E-state index is 11.9. The zero-order chi connectivity index (χ0) is 15.1. The summed E-state index contributed by atoms with van der Waals surface area (Å²) < 4.78 is 4.95. The highest BCUT2D eigenvalue weighted by atomic mass is 16.5. The van der Waals surface area contributed by atoms with Crippen molar-refractivity contribution in [1.29, 1.82) is 0 Å². The average molecular weight is 286 g/mol. The largest absolute Gasteiger partial charge is 0.480 e. The van der Waals surface area contributed by atoms with Crippen LogP contribution in [-0.2, 0) is 14.3 Å². The smallest absolute Gasteiger partial charge is 0.326 e. The number of nitrogens with zero attached hydrogens (tertiary/aromatic N) is 1. The summed E-state index contributed by atoms with van der Waals surface area (Å²) in [5, 5.41) is 11.4. The number of piperidine rings is 1. The number of likely N-dealkylation sites (tertiary alicyclic amines) is 1. The van der Waals surface area contributed by atoms with Gasteiger partial charge >= 0.3 is 18.0 Å². The van der Waals surface area contributed by atoms with E-state index in [-0.39, 0.29) is 17.9 Å². The summed E-state index contributed by atoms with van der Waals surface area (Å²) in [4.78, 5) is 35.9. The van der Waals surface area contributed by atoms with E-state index in [4.69, 9.17) is 9.84 Å². The minimum absolute atomic E-state index is 0.166. The third-order valence-electron chi connectivity index (χ3n) is 3.41. The Morgan fingerprint density at radius 1 is 1.30 bits per heavy atom. The summed E-state index contributed by atoms with van der Waals surface area (Å²) in [6.07, 6.45) is 1.44. The molecule has 0 bridgehead atoms. The fraction of sp³-hybridized carbons (Fsp3) is 0.769. The molecule has 1 rings (SSSR count). The first-order valence-electron chi connectivity index (χ1n) is 6.94. The van der Waals surface area contributed by atoms with Gasteiger partial charge in [0.2, 0.25) is 0 Å². The summed E-state index contributed by atoms with van der Waals surface area (Å²) in [5.74, 6) is -1.42. The molecule has 7 nitrogen and oxygen atoms in total. The Hall–Kier alpha value is -1.79. The van der Waals surface area contributed by atoms with E-state index in [0.717, 1.165) is 0 Å². The third kappa shape index (κ3) is 4.40. The van der Waals surface area contributed by atoms with Crippen molar-refractivity contribution in [2.24, 2.45) is 5.92 Å². The van der Waals surface area contributed by atoms with Gasteiger partial charge in [-0.15, -0.1) is 0 Å². The maximum absolute atomic E-state index is 11.9. The number of carboxylic acids is 1. The molecule has 7 heteroatoms. The third-order valence-corrected chi connectivity index (χ3v) is 3.41. The predicted octanol–water partition coefficient (Wildman–Crippen LogP) is 0.834. The molecule has 2 N–H and O–H groups in total. The summed E-state index contributed by atoms with van der Waals surface area (Å²) in [5.41, 5.74) is 0. The van der Waals surface area contributed by atoms with Crippen molar-refractivity contribution < 1.29 is 24.2 Å². The SMILES string of the molecule is CCOC(=O)C1CCN(C(=O)N[C@H](CC)C(=O)O)CC1. The van der Waals surface area contributed by atoms with E-state index in [2.05, 4.69) is 5.32 Å². The molecule has 1 atom stereocenters. The van der Waals surface area contributed by atoms with Crippen molar-refractivity contribution >= 4 is 18.0 Å². The lowest BCUT2D eigenvalue weighted by molar-refractivity contribution is -0.149. The Kier molecular flexibility index (Phi) is 6.27. The van der Waals surface area contributed by atoms with E-state index in [1.165, 1.54) is 0 Å². The first-order chi connectivity index (χ1) is 9.49. The number of urea groups is 1. The Balaban J connectivity index is 2.43. The minimum Gasteiger partial charge on any atom is -0.480 e.